The third-order valence-corrected chi connectivity index (χ3v) is 4.64. The second-order valence-electron chi connectivity index (χ2n) is 7.12. The van der Waals surface area contributed by atoms with Gasteiger partial charge >= 0.3 is 0 Å². The number of unbranched alkanes of at least 4 members (excludes halogenated alkanes) is 14. The van der Waals surface area contributed by atoms with Gasteiger partial charge in [-0.3, -0.25) is 0 Å². The summed E-state index contributed by atoms with van der Waals surface area (Å²) in [5.74, 6) is 0. The molecular weight excluding hydrogens is 310 g/mol. The molecule has 0 unspecified atom stereocenters. The molecule has 0 fully saturated rings. The average Bonchev–Trinajstić information content (AvgIpc) is 2.63. The Balaban J connectivity index is 3.03. The van der Waals surface area contributed by atoms with Crippen molar-refractivity contribution in [2.75, 3.05) is 26.4 Å². The highest BCUT2D eigenvalue weighted by Gasteiger charge is 1.93. The highest BCUT2D eigenvalue weighted by atomic mass is 16.5. The summed E-state index contributed by atoms with van der Waals surface area (Å²) in [6.07, 6.45) is 25.9. The normalized spacial score (nSPS) is 11.6. The molecule has 0 aromatic carbocycles. The number of aliphatic hydroxyl groups is 1. The zero-order chi connectivity index (χ0) is 18.3. The number of nitrogens with two attached hydrogens (primary N) is 1. The Bertz CT molecular complexity index is 256. The first-order valence-corrected chi connectivity index (χ1v) is 11.0. The highest BCUT2D eigenvalue weighted by molar-refractivity contribution is 4.81. The summed E-state index contributed by atoms with van der Waals surface area (Å²) < 4.78 is 5.26. The van der Waals surface area contributed by atoms with Gasteiger partial charge < -0.3 is 15.6 Å². The van der Waals surface area contributed by atoms with Gasteiger partial charge in [-0.25, -0.2) is 0 Å². The first-order chi connectivity index (χ1) is 12.4. The van der Waals surface area contributed by atoms with Crippen LogP contribution in [0.2, 0.25) is 0 Å². The maximum absolute atomic E-state index is 8.59. The molecular formula is C22H45NO2. The molecule has 0 aliphatic carbocycles. The van der Waals surface area contributed by atoms with Gasteiger partial charge in [0.25, 0.3) is 0 Å². The Morgan fingerprint density at radius 1 is 0.560 bits per heavy atom. The summed E-state index contributed by atoms with van der Waals surface area (Å²) in [7, 11) is 0. The van der Waals surface area contributed by atoms with Gasteiger partial charge in [0.2, 0.25) is 0 Å². The molecule has 3 heteroatoms. The minimum absolute atomic E-state index is 0.144. The maximum atomic E-state index is 8.59. The molecule has 150 valence electrons. The molecule has 0 spiro atoms. The molecule has 0 atom stereocenters. The van der Waals surface area contributed by atoms with Gasteiger partial charge in [0, 0.05) is 6.61 Å². The van der Waals surface area contributed by atoms with Crippen LogP contribution >= 0.6 is 0 Å². The zero-order valence-corrected chi connectivity index (χ0v) is 16.7. The van der Waals surface area contributed by atoms with Gasteiger partial charge in [-0.1, -0.05) is 76.4 Å². The number of aliphatic hydroxyl groups excluding tert-OH is 1. The number of hydrogen-bond acceptors (Lipinski definition) is 3. The molecule has 0 aliphatic rings. The molecule has 3 nitrogen and oxygen atoms in total. The van der Waals surface area contributed by atoms with Crippen LogP contribution in [-0.4, -0.2) is 31.5 Å². The smallest absolute Gasteiger partial charge is 0.0697 e. The number of rotatable bonds is 21. The summed E-state index contributed by atoms with van der Waals surface area (Å²) in [6.45, 7) is 2.29. The quantitative estimate of drug-likeness (QED) is 0.203. The standard InChI is InChI=1S/C22H45NO2/c23-19-17-15-13-11-9-7-5-3-1-2-4-6-8-10-12-14-16-18-21-25-22-20-24/h1,3,24H,2,4-23H2/b3-1-. The van der Waals surface area contributed by atoms with Crippen LogP contribution in [0.3, 0.4) is 0 Å². The van der Waals surface area contributed by atoms with Gasteiger partial charge in [-0.05, 0) is 45.1 Å². The molecule has 0 aliphatic heterocycles. The van der Waals surface area contributed by atoms with E-state index in [9.17, 15) is 0 Å². The van der Waals surface area contributed by atoms with Crippen molar-refractivity contribution in [3.8, 4) is 0 Å². The van der Waals surface area contributed by atoms with E-state index < -0.39 is 0 Å². The van der Waals surface area contributed by atoms with Crippen LogP contribution < -0.4 is 5.73 Å². The monoisotopic (exact) mass is 355 g/mol. The van der Waals surface area contributed by atoms with Crippen LogP contribution in [0.25, 0.3) is 0 Å². The fourth-order valence-corrected chi connectivity index (χ4v) is 3.04. The average molecular weight is 356 g/mol. The SMILES string of the molecule is NCCCCCCCC/C=C\CCCCCCCCCCOCCO. The second-order valence-corrected chi connectivity index (χ2v) is 7.12. The number of ether oxygens (including phenoxy) is 1. The Labute approximate surface area is 157 Å². The van der Waals surface area contributed by atoms with Gasteiger partial charge in [-0.15, -0.1) is 0 Å². The lowest BCUT2D eigenvalue weighted by molar-refractivity contribution is 0.0895. The van der Waals surface area contributed by atoms with Crippen molar-refractivity contribution in [1.82, 2.24) is 0 Å². The lowest BCUT2D eigenvalue weighted by Crippen LogP contribution is -2.00. The van der Waals surface area contributed by atoms with Gasteiger partial charge in [-0.2, -0.15) is 0 Å². The van der Waals surface area contributed by atoms with E-state index in [2.05, 4.69) is 12.2 Å². The fraction of sp³-hybridized carbons (Fsp3) is 0.909. The van der Waals surface area contributed by atoms with E-state index >= 15 is 0 Å². The van der Waals surface area contributed by atoms with E-state index in [0.29, 0.717) is 6.61 Å². The second kappa shape index (κ2) is 23.6. The van der Waals surface area contributed by atoms with Crippen molar-refractivity contribution in [1.29, 1.82) is 0 Å². The first-order valence-electron chi connectivity index (χ1n) is 11.0. The first kappa shape index (κ1) is 24.6. The molecule has 0 rings (SSSR count). The molecule has 0 bridgehead atoms. The van der Waals surface area contributed by atoms with E-state index in [1.54, 1.807) is 0 Å². The molecule has 0 radical (unpaired) electrons. The molecule has 0 amide bonds. The van der Waals surface area contributed by atoms with Crippen LogP contribution in [0.4, 0.5) is 0 Å². The third kappa shape index (κ3) is 23.6. The topological polar surface area (TPSA) is 55.5 Å². The van der Waals surface area contributed by atoms with E-state index in [1.165, 1.54) is 96.3 Å². The lowest BCUT2D eigenvalue weighted by atomic mass is 10.1. The Hall–Kier alpha value is -0.380. The fourth-order valence-electron chi connectivity index (χ4n) is 3.04. The summed E-state index contributed by atoms with van der Waals surface area (Å²) >= 11 is 0. The Morgan fingerprint density at radius 2 is 1.00 bits per heavy atom. The maximum Gasteiger partial charge on any atom is 0.0697 e. The van der Waals surface area contributed by atoms with Crippen molar-refractivity contribution >= 4 is 0 Å². The van der Waals surface area contributed by atoms with Crippen LogP contribution in [0.15, 0.2) is 12.2 Å². The molecule has 3 N–H and O–H groups in total. The van der Waals surface area contributed by atoms with Crippen LogP contribution in [0, 0.1) is 0 Å². The van der Waals surface area contributed by atoms with E-state index in [1.807, 2.05) is 0 Å². The summed E-state index contributed by atoms with van der Waals surface area (Å²) in [6, 6.07) is 0. The predicted octanol–water partition coefficient (Wildman–Crippen LogP) is 5.75. The lowest BCUT2D eigenvalue weighted by Gasteiger charge is -2.03. The van der Waals surface area contributed by atoms with Crippen LogP contribution in [-0.2, 0) is 4.74 Å². The van der Waals surface area contributed by atoms with Crippen molar-refractivity contribution in [3.63, 3.8) is 0 Å². The van der Waals surface area contributed by atoms with E-state index in [0.717, 1.165) is 19.6 Å². The number of allylic oxidation sites excluding steroid dienone is 2. The summed E-state index contributed by atoms with van der Waals surface area (Å²) in [5.41, 5.74) is 5.49. The van der Waals surface area contributed by atoms with Crippen LogP contribution in [0.5, 0.6) is 0 Å². The largest absolute Gasteiger partial charge is 0.394 e. The number of hydrogen-bond donors (Lipinski definition) is 2. The predicted molar refractivity (Wildman–Crippen MR) is 110 cm³/mol. The Morgan fingerprint density at radius 3 is 1.48 bits per heavy atom. The van der Waals surface area contributed by atoms with Crippen molar-refractivity contribution in [2.45, 2.75) is 103 Å². The molecule has 25 heavy (non-hydrogen) atoms. The van der Waals surface area contributed by atoms with Crippen molar-refractivity contribution < 1.29 is 9.84 Å². The minimum Gasteiger partial charge on any atom is -0.394 e. The molecule has 0 saturated heterocycles. The Kier molecular flexibility index (Phi) is 23.3. The van der Waals surface area contributed by atoms with Crippen molar-refractivity contribution in [2.24, 2.45) is 5.73 Å². The highest BCUT2D eigenvalue weighted by Crippen LogP contribution is 2.11. The van der Waals surface area contributed by atoms with Gasteiger partial charge in [0.15, 0.2) is 0 Å². The van der Waals surface area contributed by atoms with Crippen molar-refractivity contribution in [3.05, 3.63) is 12.2 Å². The van der Waals surface area contributed by atoms with Crippen LogP contribution in [0.1, 0.15) is 103 Å². The van der Waals surface area contributed by atoms with Gasteiger partial charge in [0.1, 0.15) is 0 Å². The molecule has 0 aromatic rings. The van der Waals surface area contributed by atoms with E-state index in [4.69, 9.17) is 15.6 Å². The van der Waals surface area contributed by atoms with E-state index in [-0.39, 0.29) is 6.61 Å². The summed E-state index contributed by atoms with van der Waals surface area (Å²) in [5, 5.41) is 8.59. The minimum atomic E-state index is 0.144. The third-order valence-electron chi connectivity index (χ3n) is 4.64. The van der Waals surface area contributed by atoms with Gasteiger partial charge in [0.05, 0.1) is 13.2 Å². The molecule has 0 heterocycles. The zero-order valence-electron chi connectivity index (χ0n) is 16.7. The molecule has 0 saturated carbocycles. The molecule has 0 aromatic heterocycles. The summed E-state index contributed by atoms with van der Waals surface area (Å²) in [4.78, 5) is 0.